The van der Waals surface area contributed by atoms with Crippen molar-refractivity contribution in [2.45, 2.75) is 19.4 Å². The Hall–Kier alpha value is -3.71. The number of nitrogens with zero attached hydrogens (tertiary/aromatic N) is 3. The highest BCUT2D eigenvalue weighted by atomic mass is 32.1. The molecule has 0 bridgehead atoms. The van der Waals surface area contributed by atoms with Crippen LogP contribution >= 0.6 is 11.3 Å². The molecule has 0 saturated heterocycles. The van der Waals surface area contributed by atoms with Crippen molar-refractivity contribution in [2.24, 2.45) is 0 Å². The molecule has 2 amide bonds. The topological polar surface area (TPSA) is 67.2 Å². The zero-order valence-electron chi connectivity index (χ0n) is 18.5. The van der Waals surface area contributed by atoms with Crippen molar-refractivity contribution in [3.05, 3.63) is 94.8 Å². The highest BCUT2D eigenvalue weighted by Crippen LogP contribution is 2.25. The van der Waals surface area contributed by atoms with Crippen LogP contribution < -0.4 is 5.32 Å². The van der Waals surface area contributed by atoms with Crippen LogP contribution in [0.25, 0.3) is 16.9 Å². The van der Waals surface area contributed by atoms with Crippen molar-refractivity contribution in [1.29, 1.82) is 0 Å². The quantitative estimate of drug-likeness (QED) is 0.368. The minimum absolute atomic E-state index is 0.0341. The van der Waals surface area contributed by atoms with Crippen molar-refractivity contribution in [3.63, 3.8) is 0 Å². The molecule has 2 aromatic heterocycles. The second kappa shape index (κ2) is 10.7. The Morgan fingerprint density at radius 2 is 1.73 bits per heavy atom. The molecule has 0 aliphatic carbocycles. The van der Waals surface area contributed by atoms with E-state index in [1.54, 1.807) is 18.0 Å². The van der Waals surface area contributed by atoms with Crippen LogP contribution in [0.3, 0.4) is 0 Å². The van der Waals surface area contributed by atoms with Gasteiger partial charge in [-0.1, -0.05) is 54.6 Å². The van der Waals surface area contributed by atoms with E-state index in [-0.39, 0.29) is 11.8 Å². The average molecular weight is 459 g/mol. The standard InChI is InChI=1S/C26H26N4O2S/c1-29(24(31)15-8-16-27-26(32)23-14-9-17-33-23)18-21-19-30(22-12-6-3-7-13-22)28-25(21)20-10-4-2-5-11-20/h2-7,9-14,17,19H,8,15-16,18H2,1H3,(H,27,32). The molecule has 0 aliphatic heterocycles. The SMILES string of the molecule is CN(Cc1cn(-c2ccccc2)nc1-c1ccccc1)C(=O)CCCNC(=O)c1cccs1. The van der Waals surface area contributed by atoms with Gasteiger partial charge in [-0.3, -0.25) is 9.59 Å². The third-order valence-electron chi connectivity index (χ3n) is 5.29. The number of aromatic nitrogens is 2. The van der Waals surface area contributed by atoms with Gasteiger partial charge in [-0.25, -0.2) is 4.68 Å². The molecule has 2 heterocycles. The Morgan fingerprint density at radius 1 is 1.00 bits per heavy atom. The zero-order valence-corrected chi connectivity index (χ0v) is 19.3. The van der Waals surface area contributed by atoms with Crippen LogP contribution in [0.5, 0.6) is 0 Å². The summed E-state index contributed by atoms with van der Waals surface area (Å²) < 4.78 is 1.86. The first-order valence-corrected chi connectivity index (χ1v) is 11.7. The molecule has 2 aromatic carbocycles. The van der Waals surface area contributed by atoms with Crippen LogP contribution in [0.4, 0.5) is 0 Å². The Morgan fingerprint density at radius 3 is 2.42 bits per heavy atom. The maximum atomic E-state index is 12.7. The smallest absolute Gasteiger partial charge is 0.261 e. The molecule has 4 aromatic rings. The first-order chi connectivity index (χ1) is 16.1. The summed E-state index contributed by atoms with van der Waals surface area (Å²) in [5, 5.41) is 9.56. The third-order valence-corrected chi connectivity index (χ3v) is 6.16. The maximum Gasteiger partial charge on any atom is 0.261 e. The molecule has 168 valence electrons. The second-order valence-electron chi connectivity index (χ2n) is 7.74. The predicted octanol–water partition coefficient (Wildman–Crippen LogP) is 4.77. The molecule has 6 nitrogen and oxygen atoms in total. The number of hydrogen-bond acceptors (Lipinski definition) is 4. The second-order valence-corrected chi connectivity index (χ2v) is 8.68. The van der Waals surface area contributed by atoms with E-state index in [1.807, 2.05) is 83.0 Å². The number of carbonyl (C=O) groups excluding carboxylic acids is 2. The number of hydrogen-bond donors (Lipinski definition) is 1. The predicted molar refractivity (Wildman–Crippen MR) is 131 cm³/mol. The van der Waals surface area contributed by atoms with E-state index < -0.39 is 0 Å². The maximum absolute atomic E-state index is 12.7. The van der Waals surface area contributed by atoms with Gasteiger partial charge < -0.3 is 10.2 Å². The largest absolute Gasteiger partial charge is 0.351 e. The molecule has 0 radical (unpaired) electrons. The van der Waals surface area contributed by atoms with Crippen molar-refractivity contribution in [1.82, 2.24) is 20.0 Å². The number of para-hydroxylation sites is 1. The van der Waals surface area contributed by atoms with Crippen LogP contribution in [0.15, 0.2) is 84.4 Å². The lowest BCUT2D eigenvalue weighted by Gasteiger charge is -2.17. The zero-order chi connectivity index (χ0) is 23.0. The number of carbonyl (C=O) groups is 2. The molecule has 0 saturated carbocycles. The minimum Gasteiger partial charge on any atom is -0.351 e. The van der Waals surface area contributed by atoms with E-state index in [0.29, 0.717) is 30.8 Å². The summed E-state index contributed by atoms with van der Waals surface area (Å²) in [7, 11) is 1.81. The molecule has 33 heavy (non-hydrogen) atoms. The fourth-order valence-electron chi connectivity index (χ4n) is 3.55. The Balaban J connectivity index is 1.40. The summed E-state index contributed by atoms with van der Waals surface area (Å²) in [6.07, 6.45) is 2.95. The van der Waals surface area contributed by atoms with Crippen LogP contribution in [-0.2, 0) is 11.3 Å². The van der Waals surface area contributed by atoms with Gasteiger partial charge in [-0.2, -0.15) is 5.10 Å². The van der Waals surface area contributed by atoms with E-state index >= 15 is 0 Å². The van der Waals surface area contributed by atoms with E-state index in [4.69, 9.17) is 5.10 Å². The first kappa shape index (κ1) is 22.5. The molecule has 0 spiro atoms. The molecular weight excluding hydrogens is 432 g/mol. The lowest BCUT2D eigenvalue weighted by Crippen LogP contribution is -2.28. The van der Waals surface area contributed by atoms with Gasteiger partial charge in [0.1, 0.15) is 0 Å². The minimum atomic E-state index is -0.0911. The van der Waals surface area contributed by atoms with Crippen LogP contribution in [-0.4, -0.2) is 40.1 Å². The molecular formula is C26H26N4O2S. The molecule has 4 rings (SSSR count). The fourth-order valence-corrected chi connectivity index (χ4v) is 4.19. The number of rotatable bonds is 9. The molecule has 0 unspecified atom stereocenters. The normalized spacial score (nSPS) is 10.7. The van der Waals surface area contributed by atoms with E-state index in [0.717, 1.165) is 22.5 Å². The van der Waals surface area contributed by atoms with Crippen molar-refractivity contribution < 1.29 is 9.59 Å². The number of amides is 2. The molecule has 7 heteroatoms. The highest BCUT2D eigenvalue weighted by molar-refractivity contribution is 7.12. The summed E-state index contributed by atoms with van der Waals surface area (Å²) >= 11 is 1.41. The Kier molecular flexibility index (Phi) is 7.32. The van der Waals surface area contributed by atoms with Gasteiger partial charge in [0.25, 0.3) is 5.91 Å². The molecule has 0 aliphatic rings. The first-order valence-electron chi connectivity index (χ1n) is 10.9. The molecule has 1 N–H and O–H groups in total. The average Bonchev–Trinajstić information content (AvgIpc) is 3.53. The van der Waals surface area contributed by atoms with Crippen LogP contribution in [0, 0.1) is 0 Å². The highest BCUT2D eigenvalue weighted by Gasteiger charge is 2.17. The van der Waals surface area contributed by atoms with Gasteiger partial charge in [0.2, 0.25) is 5.91 Å². The molecule has 0 atom stereocenters. The lowest BCUT2D eigenvalue weighted by molar-refractivity contribution is -0.130. The van der Waals surface area contributed by atoms with Crippen LogP contribution in [0.2, 0.25) is 0 Å². The number of nitrogens with one attached hydrogen (secondary N) is 1. The van der Waals surface area contributed by atoms with Crippen molar-refractivity contribution in [2.75, 3.05) is 13.6 Å². The summed E-state index contributed by atoms with van der Waals surface area (Å²) in [5.41, 5.74) is 3.82. The number of benzene rings is 2. The van der Waals surface area contributed by atoms with Crippen LogP contribution in [0.1, 0.15) is 28.1 Å². The van der Waals surface area contributed by atoms with Gasteiger partial charge in [-0.05, 0) is 30.0 Å². The summed E-state index contributed by atoms with van der Waals surface area (Å²) in [5.74, 6) is -0.0570. The fraction of sp³-hybridized carbons (Fsp3) is 0.192. The van der Waals surface area contributed by atoms with E-state index in [2.05, 4.69) is 5.32 Å². The van der Waals surface area contributed by atoms with Crippen molar-refractivity contribution >= 4 is 23.2 Å². The summed E-state index contributed by atoms with van der Waals surface area (Å²) in [6, 6.07) is 23.6. The summed E-state index contributed by atoms with van der Waals surface area (Å²) in [4.78, 5) is 27.1. The van der Waals surface area contributed by atoms with Crippen molar-refractivity contribution in [3.8, 4) is 16.9 Å². The van der Waals surface area contributed by atoms with Gasteiger partial charge in [0.05, 0.1) is 16.3 Å². The lowest BCUT2D eigenvalue weighted by atomic mass is 10.1. The van der Waals surface area contributed by atoms with E-state index in [1.165, 1.54) is 11.3 Å². The van der Waals surface area contributed by atoms with Gasteiger partial charge in [-0.15, -0.1) is 11.3 Å². The Bertz CT molecular complexity index is 1190. The van der Waals surface area contributed by atoms with Gasteiger partial charge >= 0.3 is 0 Å². The number of thiophene rings is 1. The third kappa shape index (κ3) is 5.75. The van der Waals surface area contributed by atoms with Gasteiger partial charge in [0, 0.05) is 43.9 Å². The monoisotopic (exact) mass is 458 g/mol. The van der Waals surface area contributed by atoms with E-state index in [9.17, 15) is 9.59 Å². The van der Waals surface area contributed by atoms with Gasteiger partial charge in [0.15, 0.2) is 0 Å². The molecule has 0 fully saturated rings. The Labute approximate surface area is 197 Å². The summed E-state index contributed by atoms with van der Waals surface area (Å²) in [6.45, 7) is 0.926.